The molecule has 2 N–H and O–H groups in total. The summed E-state index contributed by atoms with van der Waals surface area (Å²) in [6, 6.07) is 17.8. The third kappa shape index (κ3) is 3.77. The van der Waals surface area contributed by atoms with Crippen LogP contribution in [0.2, 0.25) is 5.02 Å². The van der Waals surface area contributed by atoms with Gasteiger partial charge in [0, 0.05) is 23.3 Å². The molecule has 0 spiro atoms. The van der Waals surface area contributed by atoms with E-state index in [1.165, 1.54) is 0 Å². The standard InChI is InChI=1S/C22H21ClN2O2/c1-3-19-18(13-24)20(21(22(26)27)25(19)2)16-9-7-14(8-10-16)11-15-5-4-6-17(23)12-15/h4-10,12,22,26-27H,3,11H2,1-2H3. The molecule has 0 fully saturated rings. The van der Waals surface area contributed by atoms with Gasteiger partial charge in [-0.2, -0.15) is 5.26 Å². The first-order valence-electron chi connectivity index (χ1n) is 8.77. The smallest absolute Gasteiger partial charge is 0.194 e. The summed E-state index contributed by atoms with van der Waals surface area (Å²) in [4.78, 5) is 0. The summed E-state index contributed by atoms with van der Waals surface area (Å²) in [5, 5.41) is 30.1. The average molecular weight is 381 g/mol. The van der Waals surface area contributed by atoms with E-state index in [2.05, 4.69) is 6.07 Å². The van der Waals surface area contributed by atoms with Gasteiger partial charge in [-0.1, -0.05) is 54.9 Å². The molecule has 0 bridgehead atoms. The topological polar surface area (TPSA) is 69.2 Å². The summed E-state index contributed by atoms with van der Waals surface area (Å²) in [5.41, 5.74) is 5.22. The molecule has 27 heavy (non-hydrogen) atoms. The van der Waals surface area contributed by atoms with Gasteiger partial charge in [-0.25, -0.2) is 0 Å². The van der Waals surface area contributed by atoms with E-state index in [-0.39, 0.29) is 0 Å². The van der Waals surface area contributed by atoms with Crippen molar-refractivity contribution in [2.75, 3.05) is 0 Å². The van der Waals surface area contributed by atoms with Crippen molar-refractivity contribution in [2.24, 2.45) is 7.05 Å². The monoisotopic (exact) mass is 380 g/mol. The molecule has 0 amide bonds. The highest BCUT2D eigenvalue weighted by Gasteiger charge is 2.24. The molecule has 0 aliphatic rings. The number of benzene rings is 2. The summed E-state index contributed by atoms with van der Waals surface area (Å²) in [7, 11) is 1.76. The highest BCUT2D eigenvalue weighted by atomic mass is 35.5. The van der Waals surface area contributed by atoms with Crippen LogP contribution in [0.25, 0.3) is 11.1 Å². The molecule has 3 aromatic rings. The minimum atomic E-state index is -1.65. The fourth-order valence-electron chi connectivity index (χ4n) is 3.55. The predicted molar refractivity (Wildman–Crippen MR) is 106 cm³/mol. The van der Waals surface area contributed by atoms with E-state index >= 15 is 0 Å². The fourth-order valence-corrected chi connectivity index (χ4v) is 3.77. The maximum absolute atomic E-state index is 9.86. The van der Waals surface area contributed by atoms with Crippen molar-refractivity contribution in [3.63, 3.8) is 0 Å². The molecule has 0 atom stereocenters. The van der Waals surface area contributed by atoms with E-state index < -0.39 is 6.29 Å². The van der Waals surface area contributed by atoms with Crippen LogP contribution in [0, 0.1) is 11.3 Å². The minimum Gasteiger partial charge on any atom is -0.363 e. The molecule has 3 rings (SSSR count). The maximum atomic E-state index is 9.86. The van der Waals surface area contributed by atoms with Crippen LogP contribution < -0.4 is 0 Å². The van der Waals surface area contributed by atoms with Crippen LogP contribution in [0.3, 0.4) is 0 Å². The Labute approximate surface area is 163 Å². The number of aliphatic hydroxyl groups is 2. The molecule has 0 saturated heterocycles. The quantitative estimate of drug-likeness (QED) is 0.646. The summed E-state index contributed by atoms with van der Waals surface area (Å²) < 4.78 is 1.71. The molecule has 0 aliphatic heterocycles. The number of nitrogens with zero attached hydrogens (tertiary/aromatic N) is 2. The van der Waals surface area contributed by atoms with Gasteiger partial charge in [0.2, 0.25) is 0 Å². The molecule has 2 aromatic carbocycles. The van der Waals surface area contributed by atoms with Crippen LogP contribution in [-0.2, 0) is 19.9 Å². The van der Waals surface area contributed by atoms with Crippen LogP contribution in [0.15, 0.2) is 48.5 Å². The van der Waals surface area contributed by atoms with Gasteiger partial charge in [-0.3, -0.25) is 0 Å². The zero-order valence-electron chi connectivity index (χ0n) is 15.3. The molecular weight excluding hydrogens is 360 g/mol. The lowest BCUT2D eigenvalue weighted by atomic mass is 9.97. The first-order valence-corrected chi connectivity index (χ1v) is 9.15. The van der Waals surface area contributed by atoms with Crippen LogP contribution in [0.4, 0.5) is 0 Å². The molecule has 1 aromatic heterocycles. The summed E-state index contributed by atoms with van der Waals surface area (Å²) in [6.07, 6.45) is -0.272. The Morgan fingerprint density at radius 1 is 1.11 bits per heavy atom. The summed E-state index contributed by atoms with van der Waals surface area (Å²) >= 11 is 6.05. The number of aromatic nitrogens is 1. The molecule has 0 unspecified atom stereocenters. The molecule has 5 heteroatoms. The summed E-state index contributed by atoms with van der Waals surface area (Å²) in [6.45, 7) is 1.95. The van der Waals surface area contributed by atoms with Crippen molar-refractivity contribution >= 4 is 11.6 Å². The Kier molecular flexibility index (Phi) is 5.67. The Morgan fingerprint density at radius 2 is 1.81 bits per heavy atom. The lowest BCUT2D eigenvalue weighted by molar-refractivity contribution is -0.0474. The zero-order chi connectivity index (χ0) is 19.6. The van der Waals surface area contributed by atoms with Gasteiger partial charge in [-0.05, 0) is 41.7 Å². The largest absolute Gasteiger partial charge is 0.363 e. The number of nitriles is 1. The zero-order valence-corrected chi connectivity index (χ0v) is 16.0. The highest BCUT2D eigenvalue weighted by molar-refractivity contribution is 6.30. The van der Waals surface area contributed by atoms with E-state index in [0.717, 1.165) is 28.8 Å². The normalized spacial score (nSPS) is 11.0. The van der Waals surface area contributed by atoms with E-state index in [0.29, 0.717) is 28.3 Å². The fraction of sp³-hybridized carbons (Fsp3) is 0.227. The number of hydrogen-bond donors (Lipinski definition) is 2. The van der Waals surface area contributed by atoms with Gasteiger partial charge in [-0.15, -0.1) is 0 Å². The van der Waals surface area contributed by atoms with E-state index in [9.17, 15) is 15.5 Å². The molecule has 0 aliphatic carbocycles. The predicted octanol–water partition coefficient (Wildman–Crippen LogP) is 4.35. The number of halogens is 1. The first-order chi connectivity index (χ1) is 13.0. The molecule has 0 saturated carbocycles. The van der Waals surface area contributed by atoms with E-state index in [1.54, 1.807) is 11.6 Å². The maximum Gasteiger partial charge on any atom is 0.194 e. The second-order valence-electron chi connectivity index (χ2n) is 6.48. The molecular formula is C22H21ClN2O2. The van der Waals surface area contributed by atoms with Gasteiger partial charge in [0.05, 0.1) is 11.3 Å². The van der Waals surface area contributed by atoms with Gasteiger partial charge in [0.25, 0.3) is 0 Å². The first kappa shape index (κ1) is 19.2. The van der Waals surface area contributed by atoms with Crippen molar-refractivity contribution < 1.29 is 10.2 Å². The van der Waals surface area contributed by atoms with Crippen molar-refractivity contribution in [1.29, 1.82) is 5.26 Å². The molecule has 138 valence electrons. The Bertz CT molecular complexity index is 998. The van der Waals surface area contributed by atoms with Crippen LogP contribution >= 0.6 is 11.6 Å². The van der Waals surface area contributed by atoms with Crippen molar-refractivity contribution in [3.05, 3.63) is 81.6 Å². The van der Waals surface area contributed by atoms with E-state index in [4.69, 9.17) is 11.6 Å². The van der Waals surface area contributed by atoms with E-state index in [1.807, 2.05) is 55.5 Å². The van der Waals surface area contributed by atoms with Crippen molar-refractivity contribution in [2.45, 2.75) is 26.1 Å². The minimum absolute atomic E-state index is 0.339. The Morgan fingerprint density at radius 3 is 2.37 bits per heavy atom. The van der Waals surface area contributed by atoms with Crippen molar-refractivity contribution in [3.8, 4) is 17.2 Å². The third-order valence-corrected chi connectivity index (χ3v) is 5.03. The Hall–Kier alpha value is -2.58. The molecule has 4 nitrogen and oxygen atoms in total. The van der Waals surface area contributed by atoms with Gasteiger partial charge < -0.3 is 14.8 Å². The molecule has 1 heterocycles. The number of rotatable bonds is 5. The van der Waals surface area contributed by atoms with Crippen LogP contribution in [0.1, 0.15) is 41.3 Å². The highest BCUT2D eigenvalue weighted by Crippen LogP contribution is 2.35. The van der Waals surface area contributed by atoms with Crippen molar-refractivity contribution in [1.82, 2.24) is 4.57 Å². The lowest BCUT2D eigenvalue weighted by Crippen LogP contribution is -2.06. The SMILES string of the molecule is CCc1c(C#N)c(-c2ccc(Cc3cccc(Cl)c3)cc2)c(C(O)O)n1C. The number of aliphatic hydroxyl groups excluding tert-OH is 1. The Balaban J connectivity index is 2.01. The van der Waals surface area contributed by atoms with Gasteiger partial charge in [0.1, 0.15) is 6.07 Å². The average Bonchev–Trinajstić information content (AvgIpc) is 2.94. The number of hydrogen-bond acceptors (Lipinski definition) is 3. The van der Waals surface area contributed by atoms with Crippen LogP contribution in [0.5, 0.6) is 0 Å². The lowest BCUT2D eigenvalue weighted by Gasteiger charge is -2.11. The second-order valence-corrected chi connectivity index (χ2v) is 6.92. The van der Waals surface area contributed by atoms with Crippen LogP contribution in [-0.4, -0.2) is 14.8 Å². The molecule has 0 radical (unpaired) electrons. The summed E-state index contributed by atoms with van der Waals surface area (Å²) in [5.74, 6) is 0. The second kappa shape index (κ2) is 7.98. The van der Waals surface area contributed by atoms with Gasteiger partial charge in [0.15, 0.2) is 6.29 Å². The third-order valence-electron chi connectivity index (χ3n) is 4.79. The van der Waals surface area contributed by atoms with Gasteiger partial charge >= 0.3 is 0 Å².